The summed E-state index contributed by atoms with van der Waals surface area (Å²) in [5.74, 6) is -1.93. The van der Waals surface area contributed by atoms with E-state index < -0.39 is 29.4 Å². The first-order valence-electron chi connectivity index (χ1n) is 7.02. The number of benzene rings is 2. The second-order valence-electron chi connectivity index (χ2n) is 5.38. The maximum atomic E-state index is 12.3. The Labute approximate surface area is 126 Å². The molecule has 108 valence electrons. The van der Waals surface area contributed by atoms with Gasteiger partial charge >= 0.3 is 11.9 Å². The lowest BCUT2D eigenvalue weighted by molar-refractivity contribution is -0.154. The van der Waals surface area contributed by atoms with Crippen molar-refractivity contribution in [3.05, 3.63) is 71.8 Å². The molecule has 5 nitrogen and oxygen atoms in total. The number of hydrogen-bond acceptors (Lipinski definition) is 5. The second-order valence-corrected chi connectivity index (χ2v) is 5.38. The number of cyclic esters (lactones) is 2. The van der Waals surface area contributed by atoms with Gasteiger partial charge in [0, 0.05) is 0 Å². The first-order valence-corrected chi connectivity index (χ1v) is 7.02. The van der Waals surface area contributed by atoms with Gasteiger partial charge < -0.3 is 4.74 Å². The molecule has 2 aliphatic heterocycles. The summed E-state index contributed by atoms with van der Waals surface area (Å²) in [4.78, 5) is 24.1. The Morgan fingerprint density at radius 2 is 1.36 bits per heavy atom. The number of nitrogens with zero attached hydrogens (tertiary/aromatic N) is 2. The predicted molar refractivity (Wildman–Crippen MR) is 76.9 cm³/mol. The van der Waals surface area contributed by atoms with Crippen LogP contribution in [0, 0.1) is 5.92 Å². The Kier molecular flexibility index (Phi) is 2.69. The van der Waals surface area contributed by atoms with Crippen molar-refractivity contribution >= 4 is 11.9 Å². The highest BCUT2D eigenvalue weighted by Crippen LogP contribution is 2.50. The van der Waals surface area contributed by atoms with E-state index in [1.807, 2.05) is 60.7 Å². The lowest BCUT2D eigenvalue weighted by Crippen LogP contribution is -2.38. The fraction of sp³-hybridized carbons (Fsp3) is 0.176. The molecule has 0 aromatic heterocycles. The molecule has 2 aliphatic rings. The molecular weight excluding hydrogens is 280 g/mol. The molecule has 0 amide bonds. The van der Waals surface area contributed by atoms with Crippen molar-refractivity contribution in [1.29, 1.82) is 0 Å². The Bertz CT molecular complexity index is 732. The molecule has 1 saturated heterocycles. The minimum atomic E-state index is -1.00. The van der Waals surface area contributed by atoms with Gasteiger partial charge in [-0.15, -0.1) is 0 Å². The van der Waals surface area contributed by atoms with Crippen LogP contribution in [-0.4, -0.2) is 18.0 Å². The zero-order valence-electron chi connectivity index (χ0n) is 11.5. The third kappa shape index (κ3) is 1.59. The lowest BCUT2D eigenvalue weighted by atomic mass is 9.72. The summed E-state index contributed by atoms with van der Waals surface area (Å²) in [7, 11) is 0. The third-order valence-electron chi connectivity index (χ3n) is 4.23. The van der Waals surface area contributed by atoms with Crippen molar-refractivity contribution in [3.8, 4) is 0 Å². The molecule has 5 heteroatoms. The van der Waals surface area contributed by atoms with E-state index in [0.29, 0.717) is 0 Å². The molecule has 0 unspecified atom stereocenters. The quantitative estimate of drug-likeness (QED) is 0.630. The topological polar surface area (TPSA) is 68.1 Å². The van der Waals surface area contributed by atoms with Crippen LogP contribution >= 0.6 is 0 Å². The monoisotopic (exact) mass is 292 g/mol. The van der Waals surface area contributed by atoms with Crippen LogP contribution in [0.1, 0.15) is 11.1 Å². The molecule has 0 spiro atoms. The van der Waals surface area contributed by atoms with Crippen LogP contribution in [0.5, 0.6) is 0 Å². The van der Waals surface area contributed by atoms with Crippen LogP contribution in [0.15, 0.2) is 70.9 Å². The van der Waals surface area contributed by atoms with Gasteiger partial charge in [-0.05, 0) is 11.1 Å². The highest BCUT2D eigenvalue weighted by molar-refractivity contribution is 6.00. The Balaban J connectivity index is 1.98. The summed E-state index contributed by atoms with van der Waals surface area (Å²) < 4.78 is 4.79. The predicted octanol–water partition coefficient (Wildman–Crippen LogP) is 2.46. The summed E-state index contributed by atoms with van der Waals surface area (Å²) in [6.07, 6.45) is 0. The molecule has 0 radical (unpaired) electrons. The Morgan fingerprint density at radius 3 is 1.91 bits per heavy atom. The molecule has 2 aromatic rings. The zero-order valence-corrected chi connectivity index (χ0v) is 11.5. The molecule has 22 heavy (non-hydrogen) atoms. The second kappa shape index (κ2) is 4.59. The third-order valence-corrected chi connectivity index (χ3v) is 4.23. The molecule has 2 aromatic carbocycles. The highest BCUT2D eigenvalue weighted by Gasteiger charge is 2.62. The average molecular weight is 292 g/mol. The van der Waals surface area contributed by atoms with Crippen molar-refractivity contribution in [2.45, 2.75) is 11.6 Å². The summed E-state index contributed by atoms with van der Waals surface area (Å²) in [6.45, 7) is 0. The van der Waals surface area contributed by atoms with Gasteiger partial charge in [-0.1, -0.05) is 60.7 Å². The summed E-state index contributed by atoms with van der Waals surface area (Å²) in [6, 6.07) is 18.0. The zero-order chi connectivity index (χ0) is 15.2. The molecule has 2 heterocycles. The van der Waals surface area contributed by atoms with E-state index in [0.717, 1.165) is 11.1 Å². The molecule has 1 fully saturated rings. The molecule has 2 atom stereocenters. The van der Waals surface area contributed by atoms with Gasteiger partial charge in [0.1, 0.15) is 11.5 Å². The van der Waals surface area contributed by atoms with Crippen LogP contribution in [-0.2, 0) is 19.9 Å². The SMILES string of the molecule is O=C1OC(=O)[C@H]2[C@H]1N=NC2(c1ccccc1)c1ccccc1. The van der Waals surface area contributed by atoms with Crippen LogP contribution < -0.4 is 0 Å². The molecule has 0 N–H and O–H groups in total. The first kappa shape index (κ1) is 12.9. The molecule has 0 saturated carbocycles. The highest BCUT2D eigenvalue weighted by atomic mass is 16.6. The summed E-state index contributed by atoms with van der Waals surface area (Å²) in [5.41, 5.74) is 0.643. The average Bonchev–Trinajstić information content (AvgIpc) is 3.10. The minimum absolute atomic E-state index is 0.562. The Hall–Kier alpha value is -2.82. The van der Waals surface area contributed by atoms with E-state index in [1.54, 1.807) is 0 Å². The van der Waals surface area contributed by atoms with E-state index in [-0.39, 0.29) is 0 Å². The standard InChI is InChI=1S/C17H12N2O3/c20-15-13-14(16(21)22-15)18-19-17(13,11-7-3-1-4-8-11)12-9-5-2-6-10-12/h1-10,13-14H/t13-,14-/m1/s1. The number of carbonyl (C=O) groups is 2. The van der Waals surface area contributed by atoms with Crippen LogP contribution in [0.4, 0.5) is 0 Å². The number of ether oxygens (including phenoxy) is 1. The van der Waals surface area contributed by atoms with Crippen molar-refractivity contribution in [2.24, 2.45) is 16.1 Å². The summed E-state index contributed by atoms with van der Waals surface area (Å²) in [5, 5.41) is 8.46. The van der Waals surface area contributed by atoms with E-state index in [9.17, 15) is 9.59 Å². The fourth-order valence-electron chi connectivity index (χ4n) is 3.24. The van der Waals surface area contributed by atoms with Crippen molar-refractivity contribution in [1.82, 2.24) is 0 Å². The number of carbonyl (C=O) groups excluding carboxylic acids is 2. The largest absolute Gasteiger partial charge is 0.391 e. The van der Waals surface area contributed by atoms with E-state index >= 15 is 0 Å². The fourth-order valence-corrected chi connectivity index (χ4v) is 3.24. The van der Waals surface area contributed by atoms with Crippen LogP contribution in [0.3, 0.4) is 0 Å². The van der Waals surface area contributed by atoms with Gasteiger partial charge in [-0.2, -0.15) is 10.2 Å². The van der Waals surface area contributed by atoms with Gasteiger partial charge in [0.15, 0.2) is 6.04 Å². The first-order chi connectivity index (χ1) is 10.7. The number of rotatable bonds is 2. The maximum Gasteiger partial charge on any atom is 0.341 e. The van der Waals surface area contributed by atoms with Gasteiger partial charge in [0.2, 0.25) is 0 Å². The number of fused-ring (bicyclic) bond motifs is 1. The van der Waals surface area contributed by atoms with Gasteiger partial charge in [-0.3, -0.25) is 4.79 Å². The summed E-state index contributed by atoms with van der Waals surface area (Å²) >= 11 is 0. The smallest absolute Gasteiger partial charge is 0.341 e. The number of hydrogen-bond donors (Lipinski definition) is 0. The molecular formula is C17H12N2O3. The van der Waals surface area contributed by atoms with Crippen LogP contribution in [0.2, 0.25) is 0 Å². The van der Waals surface area contributed by atoms with Crippen LogP contribution in [0.25, 0.3) is 0 Å². The van der Waals surface area contributed by atoms with Gasteiger partial charge in [-0.25, -0.2) is 4.79 Å². The van der Waals surface area contributed by atoms with Crippen molar-refractivity contribution in [3.63, 3.8) is 0 Å². The lowest BCUT2D eigenvalue weighted by Gasteiger charge is -2.29. The van der Waals surface area contributed by atoms with Crippen molar-refractivity contribution < 1.29 is 14.3 Å². The normalized spacial score (nSPS) is 25.1. The van der Waals surface area contributed by atoms with E-state index in [4.69, 9.17) is 4.74 Å². The number of esters is 2. The minimum Gasteiger partial charge on any atom is -0.391 e. The maximum absolute atomic E-state index is 12.3. The molecule has 0 aliphatic carbocycles. The molecule has 0 bridgehead atoms. The Morgan fingerprint density at radius 1 is 0.818 bits per heavy atom. The van der Waals surface area contributed by atoms with E-state index in [1.165, 1.54) is 0 Å². The van der Waals surface area contributed by atoms with Gasteiger partial charge in [0.05, 0.1) is 0 Å². The molecule has 4 rings (SSSR count). The van der Waals surface area contributed by atoms with E-state index in [2.05, 4.69) is 10.2 Å². The number of azo groups is 1. The van der Waals surface area contributed by atoms with Gasteiger partial charge in [0.25, 0.3) is 0 Å². The van der Waals surface area contributed by atoms with Crippen molar-refractivity contribution in [2.75, 3.05) is 0 Å².